The van der Waals surface area contributed by atoms with E-state index < -0.39 is 0 Å². The maximum absolute atomic E-state index is 13.7. The molecule has 2 aliphatic carbocycles. The van der Waals surface area contributed by atoms with Gasteiger partial charge >= 0.3 is 5.97 Å². The second-order valence-electron chi connectivity index (χ2n) is 11.8. The van der Waals surface area contributed by atoms with Crippen LogP contribution in [0.25, 0.3) is 11.1 Å². The van der Waals surface area contributed by atoms with Crippen LogP contribution in [-0.4, -0.2) is 46.5 Å². The molecule has 2 fully saturated rings. The molecule has 0 spiro atoms. The number of rotatable bonds is 8. The predicted molar refractivity (Wildman–Crippen MR) is 161 cm³/mol. The molecule has 0 saturated heterocycles. The van der Waals surface area contributed by atoms with Gasteiger partial charge in [-0.05, 0) is 77.1 Å². The lowest BCUT2D eigenvalue weighted by molar-refractivity contribution is -0.122. The number of hydrogen-bond donors (Lipinski definition) is 2. The number of amides is 2. The average molecular weight is 575 g/mol. The maximum Gasteiger partial charge on any atom is 0.337 e. The summed E-state index contributed by atoms with van der Waals surface area (Å²) in [5, 5.41) is 10.5. The summed E-state index contributed by atoms with van der Waals surface area (Å²) in [6.07, 6.45) is 5.38. The van der Waals surface area contributed by atoms with Gasteiger partial charge in [-0.3, -0.25) is 14.7 Å². The Kier molecular flexibility index (Phi) is 7.05. The molecule has 8 heteroatoms. The number of benzene rings is 3. The molecule has 43 heavy (non-hydrogen) atoms. The number of nitrogens with zero attached hydrogens (tertiary/aromatic N) is 2. The minimum absolute atomic E-state index is 0.0152. The lowest BCUT2D eigenvalue weighted by atomic mass is 9.87. The molecular weight excluding hydrogens is 540 g/mol. The molecule has 1 aliphatic heterocycles. The minimum Gasteiger partial charge on any atom is -0.465 e. The van der Waals surface area contributed by atoms with Crippen LogP contribution in [0.1, 0.15) is 79.8 Å². The lowest BCUT2D eigenvalue weighted by Gasteiger charge is -2.32. The Morgan fingerprint density at radius 1 is 1.02 bits per heavy atom. The summed E-state index contributed by atoms with van der Waals surface area (Å²) >= 11 is 0. The first-order chi connectivity index (χ1) is 21.0. The van der Waals surface area contributed by atoms with Gasteiger partial charge in [0, 0.05) is 37.7 Å². The van der Waals surface area contributed by atoms with Crippen molar-refractivity contribution in [2.75, 3.05) is 13.7 Å². The Morgan fingerprint density at radius 3 is 2.65 bits per heavy atom. The van der Waals surface area contributed by atoms with Crippen molar-refractivity contribution in [3.05, 3.63) is 112 Å². The Labute approximate surface area is 250 Å². The molecule has 218 valence electrons. The summed E-state index contributed by atoms with van der Waals surface area (Å²) in [5.74, 6) is 0.282. The zero-order chi connectivity index (χ0) is 29.5. The molecule has 0 unspecified atom stereocenters. The Morgan fingerprint density at radius 2 is 1.86 bits per heavy atom. The highest BCUT2D eigenvalue weighted by atomic mass is 16.5. The van der Waals surface area contributed by atoms with Crippen molar-refractivity contribution in [1.29, 1.82) is 0 Å². The zero-order valence-electron chi connectivity index (χ0n) is 24.1. The molecule has 2 heterocycles. The predicted octanol–water partition coefficient (Wildman–Crippen LogP) is 5.36. The van der Waals surface area contributed by atoms with Crippen LogP contribution in [-0.2, 0) is 29.0 Å². The summed E-state index contributed by atoms with van der Waals surface area (Å²) in [4.78, 5) is 41.0. The SMILES string of the molecule is COC(=O)c1cccc(-c2ccc(CNC(=O)[C@H]3C[C@@H]3c3ccccc3)c3c2CCN(C(=O)c2c[nH]nc2C2CC2)C3)c1. The molecule has 3 aromatic carbocycles. The van der Waals surface area contributed by atoms with Gasteiger partial charge in [0.05, 0.1) is 23.9 Å². The van der Waals surface area contributed by atoms with Gasteiger partial charge < -0.3 is 15.0 Å². The molecule has 0 radical (unpaired) electrons. The summed E-state index contributed by atoms with van der Waals surface area (Å²) in [7, 11) is 1.38. The first-order valence-electron chi connectivity index (χ1n) is 15.0. The standard InChI is InChI=1S/C35H34N4O4/c1-43-35(42)24-9-5-8-23(16-24)26-13-12-25(18-36-33(40)29-17-28(29)21-6-3-2-4-7-21)31-20-39(15-14-27(26)31)34(41)30-19-37-38-32(30)22-10-11-22/h2-9,12-13,16,19,22,28-29H,10-11,14-15,17-18,20H2,1H3,(H,36,40)(H,37,38)/t28-,29+/m1/s1. The summed E-state index contributed by atoms with van der Waals surface area (Å²) < 4.78 is 4.95. The van der Waals surface area contributed by atoms with Gasteiger partial charge in [0.2, 0.25) is 5.91 Å². The molecule has 8 nitrogen and oxygen atoms in total. The van der Waals surface area contributed by atoms with Crippen molar-refractivity contribution < 1.29 is 19.1 Å². The van der Waals surface area contributed by atoms with E-state index in [1.54, 1.807) is 12.3 Å². The van der Waals surface area contributed by atoms with Crippen molar-refractivity contribution in [1.82, 2.24) is 20.4 Å². The number of esters is 1. The van der Waals surface area contributed by atoms with Crippen LogP contribution in [0.15, 0.2) is 72.9 Å². The fraction of sp³-hybridized carbons (Fsp3) is 0.314. The first-order valence-corrected chi connectivity index (χ1v) is 15.0. The number of aromatic amines is 1. The molecule has 7 rings (SSSR count). The number of fused-ring (bicyclic) bond motifs is 1. The fourth-order valence-electron chi connectivity index (χ4n) is 6.46. The van der Waals surface area contributed by atoms with E-state index in [4.69, 9.17) is 4.74 Å². The number of carbonyl (C=O) groups excluding carboxylic acids is 3. The number of ether oxygens (including phenoxy) is 1. The largest absolute Gasteiger partial charge is 0.465 e. The number of H-pyrrole nitrogens is 1. The summed E-state index contributed by atoms with van der Waals surface area (Å²) in [5.41, 5.74) is 8.35. The molecule has 0 bridgehead atoms. The van der Waals surface area contributed by atoms with Crippen LogP contribution in [0.4, 0.5) is 0 Å². The van der Waals surface area contributed by atoms with E-state index in [0.717, 1.165) is 52.8 Å². The van der Waals surface area contributed by atoms with Gasteiger partial charge in [0.1, 0.15) is 0 Å². The van der Waals surface area contributed by atoms with E-state index in [-0.39, 0.29) is 29.6 Å². The zero-order valence-corrected chi connectivity index (χ0v) is 24.1. The van der Waals surface area contributed by atoms with Crippen molar-refractivity contribution >= 4 is 17.8 Å². The molecule has 2 saturated carbocycles. The Hall–Kier alpha value is -4.72. The molecular formula is C35H34N4O4. The van der Waals surface area contributed by atoms with Crippen molar-refractivity contribution in [3.63, 3.8) is 0 Å². The smallest absolute Gasteiger partial charge is 0.337 e. The van der Waals surface area contributed by atoms with Crippen LogP contribution >= 0.6 is 0 Å². The first kappa shape index (κ1) is 27.1. The second kappa shape index (κ2) is 11.2. The number of methoxy groups -OCH3 is 1. The number of nitrogens with one attached hydrogen (secondary N) is 2. The summed E-state index contributed by atoms with van der Waals surface area (Å²) in [6.45, 7) is 1.40. The molecule has 2 N–H and O–H groups in total. The molecule has 2 amide bonds. The van der Waals surface area contributed by atoms with E-state index >= 15 is 0 Å². The topological polar surface area (TPSA) is 104 Å². The maximum atomic E-state index is 13.7. The number of aromatic nitrogens is 2. The monoisotopic (exact) mass is 574 g/mol. The average Bonchev–Trinajstić information content (AvgIpc) is 4.00. The third kappa shape index (κ3) is 5.33. The highest BCUT2D eigenvalue weighted by Crippen LogP contribution is 2.47. The fourth-order valence-corrected chi connectivity index (χ4v) is 6.46. The van der Waals surface area contributed by atoms with E-state index in [1.807, 2.05) is 47.4 Å². The summed E-state index contributed by atoms with van der Waals surface area (Å²) in [6, 6.07) is 21.8. The van der Waals surface area contributed by atoms with Gasteiger partial charge in [0.25, 0.3) is 5.91 Å². The van der Waals surface area contributed by atoms with Crippen LogP contribution in [0.3, 0.4) is 0 Å². The third-order valence-electron chi connectivity index (χ3n) is 9.06. The van der Waals surface area contributed by atoms with Gasteiger partial charge in [0.15, 0.2) is 0 Å². The third-order valence-corrected chi connectivity index (χ3v) is 9.06. The molecule has 1 aromatic heterocycles. The normalized spacial score (nSPS) is 19.0. The van der Waals surface area contributed by atoms with Crippen LogP contribution in [0.2, 0.25) is 0 Å². The van der Waals surface area contributed by atoms with Crippen molar-refractivity contribution in [2.45, 2.75) is 50.6 Å². The van der Waals surface area contributed by atoms with Gasteiger partial charge in [-0.15, -0.1) is 0 Å². The van der Waals surface area contributed by atoms with Crippen LogP contribution in [0.5, 0.6) is 0 Å². The number of hydrogen-bond acceptors (Lipinski definition) is 5. The van der Waals surface area contributed by atoms with Gasteiger partial charge in [-0.25, -0.2) is 4.79 Å². The van der Waals surface area contributed by atoms with Gasteiger partial charge in [-0.2, -0.15) is 5.10 Å². The van der Waals surface area contributed by atoms with E-state index in [9.17, 15) is 14.4 Å². The van der Waals surface area contributed by atoms with E-state index in [0.29, 0.717) is 43.1 Å². The quantitative estimate of drug-likeness (QED) is 0.276. The molecule has 3 aliphatic rings. The highest BCUT2D eigenvalue weighted by Gasteiger charge is 2.43. The molecule has 4 aromatic rings. The Balaban J connectivity index is 1.17. The number of carbonyl (C=O) groups is 3. The minimum atomic E-state index is -0.382. The Bertz CT molecular complexity index is 1710. The lowest BCUT2D eigenvalue weighted by Crippen LogP contribution is -2.37. The van der Waals surface area contributed by atoms with Crippen LogP contribution in [0, 0.1) is 5.92 Å². The van der Waals surface area contributed by atoms with Gasteiger partial charge in [-0.1, -0.05) is 54.6 Å². The highest BCUT2D eigenvalue weighted by molar-refractivity contribution is 5.96. The molecule has 2 atom stereocenters. The van der Waals surface area contributed by atoms with E-state index in [1.165, 1.54) is 12.7 Å². The van der Waals surface area contributed by atoms with Crippen LogP contribution < -0.4 is 5.32 Å². The van der Waals surface area contributed by atoms with Crippen molar-refractivity contribution in [3.8, 4) is 11.1 Å². The van der Waals surface area contributed by atoms with Crippen molar-refractivity contribution in [2.24, 2.45) is 5.92 Å². The second-order valence-corrected chi connectivity index (χ2v) is 11.8. The van der Waals surface area contributed by atoms with E-state index in [2.05, 4.69) is 33.7 Å².